The van der Waals surface area contributed by atoms with E-state index in [1.165, 1.54) is 0 Å². The molecule has 5 heteroatoms. The normalized spacial score (nSPS) is 21.1. The molecule has 0 radical (unpaired) electrons. The summed E-state index contributed by atoms with van der Waals surface area (Å²) in [5.74, 6) is -2.73. The lowest BCUT2D eigenvalue weighted by atomic mass is 10.3. The first kappa shape index (κ1) is 9.22. The molecule has 1 rings (SSSR count). The van der Waals surface area contributed by atoms with Crippen molar-refractivity contribution in [3.05, 3.63) is 0 Å². The van der Waals surface area contributed by atoms with Crippen molar-refractivity contribution in [2.24, 2.45) is 0 Å². The van der Waals surface area contributed by atoms with Crippen molar-refractivity contribution in [3.63, 3.8) is 0 Å². The SMILES string of the molecule is CCOC(=O)N1CCC(F)(F)C1. The summed E-state index contributed by atoms with van der Waals surface area (Å²) in [5.41, 5.74) is 0. The van der Waals surface area contributed by atoms with E-state index in [1.807, 2.05) is 0 Å². The molecule has 1 fully saturated rings. The van der Waals surface area contributed by atoms with Gasteiger partial charge in [0.15, 0.2) is 0 Å². The highest BCUT2D eigenvalue weighted by Gasteiger charge is 2.40. The fraction of sp³-hybridized carbons (Fsp3) is 0.857. The molecule has 1 heterocycles. The maximum atomic E-state index is 12.5. The standard InChI is InChI=1S/C7H11F2NO2/c1-2-12-6(11)10-4-3-7(8,9)5-10/h2-5H2,1H3. The molecule has 3 nitrogen and oxygen atoms in total. The Morgan fingerprint density at radius 1 is 1.67 bits per heavy atom. The highest BCUT2D eigenvalue weighted by molar-refractivity contribution is 5.68. The van der Waals surface area contributed by atoms with Gasteiger partial charge in [0.05, 0.1) is 13.2 Å². The lowest BCUT2D eigenvalue weighted by Crippen LogP contribution is -2.31. The number of rotatable bonds is 1. The number of likely N-dealkylation sites (tertiary alicyclic amines) is 1. The quantitative estimate of drug-likeness (QED) is 0.610. The van der Waals surface area contributed by atoms with Crippen LogP contribution in [-0.2, 0) is 4.74 Å². The second-order valence-corrected chi connectivity index (χ2v) is 2.73. The molecule has 0 unspecified atom stereocenters. The molecule has 0 atom stereocenters. The number of ether oxygens (including phenoxy) is 1. The maximum Gasteiger partial charge on any atom is 0.409 e. The Bertz CT molecular complexity index is 184. The number of carbonyl (C=O) groups excluding carboxylic acids is 1. The van der Waals surface area contributed by atoms with Crippen molar-refractivity contribution < 1.29 is 18.3 Å². The third-order valence-electron chi connectivity index (χ3n) is 1.70. The van der Waals surface area contributed by atoms with Crippen LogP contribution >= 0.6 is 0 Å². The number of hydrogen-bond donors (Lipinski definition) is 0. The van der Waals surface area contributed by atoms with Gasteiger partial charge in [0.2, 0.25) is 0 Å². The van der Waals surface area contributed by atoms with Gasteiger partial charge >= 0.3 is 6.09 Å². The van der Waals surface area contributed by atoms with Gasteiger partial charge < -0.3 is 9.64 Å². The van der Waals surface area contributed by atoms with Gasteiger partial charge in [-0.1, -0.05) is 0 Å². The minimum Gasteiger partial charge on any atom is -0.450 e. The van der Waals surface area contributed by atoms with Crippen LogP contribution in [-0.4, -0.2) is 36.6 Å². The monoisotopic (exact) mass is 179 g/mol. The van der Waals surface area contributed by atoms with Crippen molar-refractivity contribution in [2.75, 3.05) is 19.7 Å². The number of hydrogen-bond acceptors (Lipinski definition) is 2. The van der Waals surface area contributed by atoms with Gasteiger partial charge in [-0.15, -0.1) is 0 Å². The highest BCUT2D eigenvalue weighted by atomic mass is 19.3. The second-order valence-electron chi connectivity index (χ2n) is 2.73. The Morgan fingerprint density at radius 2 is 2.33 bits per heavy atom. The van der Waals surface area contributed by atoms with Gasteiger partial charge in [0.1, 0.15) is 0 Å². The summed E-state index contributed by atoms with van der Waals surface area (Å²) in [6.07, 6.45) is -0.902. The van der Waals surface area contributed by atoms with E-state index in [0.29, 0.717) is 0 Å². The fourth-order valence-electron chi connectivity index (χ4n) is 1.11. The van der Waals surface area contributed by atoms with Crippen LogP contribution in [0.3, 0.4) is 0 Å². The van der Waals surface area contributed by atoms with Gasteiger partial charge in [0.25, 0.3) is 5.92 Å². The molecule has 70 valence electrons. The van der Waals surface area contributed by atoms with Crippen LogP contribution in [0.4, 0.5) is 13.6 Å². The number of halogens is 2. The van der Waals surface area contributed by atoms with E-state index in [4.69, 9.17) is 0 Å². The van der Waals surface area contributed by atoms with E-state index in [1.54, 1.807) is 6.92 Å². The number of amides is 1. The third kappa shape index (κ3) is 2.06. The molecule has 0 saturated carbocycles. The van der Waals surface area contributed by atoms with Crippen molar-refractivity contribution >= 4 is 6.09 Å². The lowest BCUT2D eigenvalue weighted by molar-refractivity contribution is 0.0110. The van der Waals surface area contributed by atoms with Crippen LogP contribution < -0.4 is 0 Å². The predicted octanol–water partition coefficient (Wildman–Crippen LogP) is 1.48. The van der Waals surface area contributed by atoms with E-state index < -0.39 is 18.6 Å². The first-order valence-electron chi connectivity index (χ1n) is 3.85. The summed E-state index contributed by atoms with van der Waals surface area (Å²) >= 11 is 0. The minimum atomic E-state index is -2.73. The average Bonchev–Trinajstić information content (AvgIpc) is 2.31. The largest absolute Gasteiger partial charge is 0.450 e. The Labute approximate surface area is 69.3 Å². The van der Waals surface area contributed by atoms with Crippen molar-refractivity contribution in [3.8, 4) is 0 Å². The molecule has 0 aliphatic carbocycles. The molecule has 0 aromatic carbocycles. The average molecular weight is 179 g/mol. The smallest absolute Gasteiger partial charge is 0.409 e. The van der Waals surface area contributed by atoms with Gasteiger partial charge in [0, 0.05) is 13.0 Å². The third-order valence-corrected chi connectivity index (χ3v) is 1.70. The zero-order valence-corrected chi connectivity index (χ0v) is 6.85. The van der Waals surface area contributed by atoms with Crippen LogP contribution in [0.5, 0.6) is 0 Å². The van der Waals surface area contributed by atoms with Crippen LogP contribution in [0.2, 0.25) is 0 Å². The van der Waals surface area contributed by atoms with E-state index >= 15 is 0 Å². The van der Waals surface area contributed by atoms with Crippen LogP contribution in [0.1, 0.15) is 13.3 Å². The number of nitrogens with zero attached hydrogens (tertiary/aromatic N) is 1. The van der Waals surface area contributed by atoms with Crippen LogP contribution in [0, 0.1) is 0 Å². The highest BCUT2D eigenvalue weighted by Crippen LogP contribution is 2.26. The van der Waals surface area contributed by atoms with Gasteiger partial charge in [-0.05, 0) is 6.92 Å². The van der Waals surface area contributed by atoms with Crippen molar-refractivity contribution in [2.45, 2.75) is 19.3 Å². The van der Waals surface area contributed by atoms with Crippen LogP contribution in [0.25, 0.3) is 0 Å². The Morgan fingerprint density at radius 3 is 2.75 bits per heavy atom. The second kappa shape index (κ2) is 3.25. The molecule has 0 aromatic rings. The molecular formula is C7H11F2NO2. The molecule has 1 aliphatic heterocycles. The first-order chi connectivity index (χ1) is 5.55. The molecular weight excluding hydrogens is 168 g/mol. The topological polar surface area (TPSA) is 29.5 Å². The molecule has 0 bridgehead atoms. The summed E-state index contributed by atoms with van der Waals surface area (Å²) in [4.78, 5) is 11.9. The lowest BCUT2D eigenvalue weighted by Gasteiger charge is -2.14. The summed E-state index contributed by atoms with van der Waals surface area (Å²) < 4.78 is 29.7. The summed E-state index contributed by atoms with van der Waals surface area (Å²) in [6, 6.07) is 0. The van der Waals surface area contributed by atoms with Crippen LogP contribution in [0.15, 0.2) is 0 Å². The molecule has 12 heavy (non-hydrogen) atoms. The maximum absolute atomic E-state index is 12.5. The van der Waals surface area contributed by atoms with Gasteiger partial charge in [-0.25, -0.2) is 13.6 Å². The summed E-state index contributed by atoms with van der Waals surface area (Å²) in [7, 11) is 0. The summed E-state index contributed by atoms with van der Waals surface area (Å²) in [5, 5.41) is 0. The van der Waals surface area contributed by atoms with E-state index in [9.17, 15) is 13.6 Å². The molecule has 1 saturated heterocycles. The van der Waals surface area contributed by atoms with Crippen molar-refractivity contribution in [1.29, 1.82) is 0 Å². The molecule has 1 amide bonds. The zero-order valence-electron chi connectivity index (χ0n) is 6.85. The van der Waals surface area contributed by atoms with Crippen molar-refractivity contribution in [1.82, 2.24) is 4.90 Å². The van der Waals surface area contributed by atoms with Gasteiger partial charge in [-0.2, -0.15) is 0 Å². The number of alkyl halides is 2. The van der Waals surface area contributed by atoms with Gasteiger partial charge in [-0.3, -0.25) is 0 Å². The van der Waals surface area contributed by atoms with E-state index in [-0.39, 0.29) is 19.6 Å². The molecule has 0 spiro atoms. The molecule has 0 aromatic heterocycles. The minimum absolute atomic E-state index is 0.0891. The fourth-order valence-corrected chi connectivity index (χ4v) is 1.11. The Balaban J connectivity index is 2.41. The van der Waals surface area contributed by atoms with E-state index in [0.717, 1.165) is 4.90 Å². The Hall–Kier alpha value is -0.870. The molecule has 0 N–H and O–H groups in total. The first-order valence-corrected chi connectivity index (χ1v) is 3.85. The predicted molar refractivity (Wildman–Crippen MR) is 38.2 cm³/mol. The summed E-state index contributed by atoms with van der Waals surface area (Å²) in [6.45, 7) is 1.45. The number of carbonyl (C=O) groups is 1. The zero-order chi connectivity index (χ0) is 9.19. The molecule has 1 aliphatic rings. The Kier molecular flexibility index (Phi) is 2.49. The van der Waals surface area contributed by atoms with E-state index in [2.05, 4.69) is 4.74 Å².